The number of anilines is 1. The average Bonchev–Trinajstić information content (AvgIpc) is 3.46. The second kappa shape index (κ2) is 13.3. The number of sulfonamides is 1. The fraction of sp³-hybridized carbons (Fsp3) is 0.375. The first-order valence-electron chi connectivity index (χ1n) is 14.1. The number of hydrogen-bond donors (Lipinski definition) is 1. The fourth-order valence-electron chi connectivity index (χ4n) is 5.15. The molecule has 9 heteroatoms. The highest BCUT2D eigenvalue weighted by atomic mass is 32.2. The smallest absolute Gasteiger partial charge is 0.264 e. The lowest BCUT2D eigenvalue weighted by atomic mass is 10.1. The van der Waals surface area contributed by atoms with Crippen LogP contribution in [0.1, 0.15) is 55.7 Å². The molecule has 1 aliphatic rings. The molecule has 7 nitrogen and oxygen atoms in total. The van der Waals surface area contributed by atoms with Crippen LogP contribution in [0.4, 0.5) is 10.1 Å². The van der Waals surface area contributed by atoms with Crippen molar-refractivity contribution < 1.29 is 22.4 Å². The quantitative estimate of drug-likeness (QED) is 0.325. The normalized spacial score (nSPS) is 14.4. The van der Waals surface area contributed by atoms with E-state index in [9.17, 15) is 22.4 Å². The van der Waals surface area contributed by atoms with Gasteiger partial charge in [-0.2, -0.15) is 0 Å². The van der Waals surface area contributed by atoms with E-state index in [0.29, 0.717) is 12.1 Å². The van der Waals surface area contributed by atoms with E-state index in [1.807, 2.05) is 45.0 Å². The Morgan fingerprint density at radius 2 is 1.46 bits per heavy atom. The number of nitrogens with zero attached hydrogens (tertiary/aromatic N) is 2. The van der Waals surface area contributed by atoms with Gasteiger partial charge in [-0.15, -0.1) is 0 Å². The molecular weight excluding hydrogens is 541 g/mol. The molecule has 0 heterocycles. The lowest BCUT2D eigenvalue weighted by molar-refractivity contribution is -0.140. The summed E-state index contributed by atoms with van der Waals surface area (Å²) in [6, 6.07) is 18.3. The number of rotatable bonds is 11. The highest BCUT2D eigenvalue weighted by Crippen LogP contribution is 2.26. The minimum atomic E-state index is -4.24. The van der Waals surface area contributed by atoms with Gasteiger partial charge in [0, 0.05) is 12.6 Å². The van der Waals surface area contributed by atoms with Gasteiger partial charge in [0.25, 0.3) is 10.0 Å². The van der Waals surface area contributed by atoms with Crippen molar-refractivity contribution in [2.45, 2.75) is 76.4 Å². The van der Waals surface area contributed by atoms with E-state index in [0.717, 1.165) is 58.8 Å². The number of amides is 2. The third-order valence-electron chi connectivity index (χ3n) is 7.56. The topological polar surface area (TPSA) is 86.8 Å². The lowest BCUT2D eigenvalue weighted by Gasteiger charge is -2.33. The number of halogens is 1. The zero-order valence-electron chi connectivity index (χ0n) is 23.8. The van der Waals surface area contributed by atoms with E-state index in [1.165, 1.54) is 17.0 Å². The molecule has 1 fully saturated rings. The highest BCUT2D eigenvalue weighted by molar-refractivity contribution is 7.92. The second-order valence-electron chi connectivity index (χ2n) is 10.7. The fourth-order valence-corrected chi connectivity index (χ4v) is 6.56. The summed E-state index contributed by atoms with van der Waals surface area (Å²) in [5.41, 5.74) is 3.12. The van der Waals surface area contributed by atoms with Crippen LogP contribution in [0.25, 0.3) is 0 Å². The van der Waals surface area contributed by atoms with Crippen LogP contribution >= 0.6 is 0 Å². The molecule has 0 radical (unpaired) electrons. The van der Waals surface area contributed by atoms with Crippen molar-refractivity contribution >= 4 is 27.5 Å². The van der Waals surface area contributed by atoms with Crippen LogP contribution in [0.5, 0.6) is 0 Å². The third-order valence-corrected chi connectivity index (χ3v) is 9.35. The maximum absolute atomic E-state index is 14.1. The minimum absolute atomic E-state index is 0.0794. The first-order chi connectivity index (χ1) is 19.6. The molecule has 0 aliphatic heterocycles. The Morgan fingerprint density at radius 3 is 2.02 bits per heavy atom. The van der Waals surface area contributed by atoms with Gasteiger partial charge >= 0.3 is 0 Å². The van der Waals surface area contributed by atoms with Crippen molar-refractivity contribution in [2.75, 3.05) is 10.8 Å². The van der Waals surface area contributed by atoms with Crippen LogP contribution in [0.15, 0.2) is 77.7 Å². The zero-order valence-corrected chi connectivity index (χ0v) is 24.7. The van der Waals surface area contributed by atoms with Gasteiger partial charge in [-0.3, -0.25) is 13.9 Å². The van der Waals surface area contributed by atoms with Crippen LogP contribution in [0.2, 0.25) is 0 Å². The Bertz CT molecular complexity index is 1440. The zero-order chi connectivity index (χ0) is 29.6. The molecule has 3 aromatic rings. The Balaban J connectivity index is 1.70. The molecule has 0 aromatic heterocycles. The van der Waals surface area contributed by atoms with Crippen molar-refractivity contribution in [1.29, 1.82) is 0 Å². The van der Waals surface area contributed by atoms with Crippen molar-refractivity contribution in [2.24, 2.45) is 0 Å². The molecule has 0 unspecified atom stereocenters. The van der Waals surface area contributed by atoms with Gasteiger partial charge in [0.1, 0.15) is 18.4 Å². The molecule has 218 valence electrons. The Morgan fingerprint density at radius 1 is 0.902 bits per heavy atom. The van der Waals surface area contributed by atoms with Crippen LogP contribution in [-0.4, -0.2) is 43.8 Å². The summed E-state index contributed by atoms with van der Waals surface area (Å²) in [5.74, 6) is -1.31. The number of benzene rings is 3. The van der Waals surface area contributed by atoms with Gasteiger partial charge in [-0.1, -0.05) is 67.3 Å². The second-order valence-corrected chi connectivity index (χ2v) is 12.6. The summed E-state index contributed by atoms with van der Waals surface area (Å²) in [4.78, 5) is 29.0. The third kappa shape index (κ3) is 7.52. The standard InChI is InChI=1S/C32H38FN3O4S/c1-4-30(32(38)34-27-7-5-6-8-27)35(21-25-13-9-23(2)10-14-25)31(37)22-36(28-17-11-24(3)12-18-28)41(39,40)29-19-15-26(33)16-20-29/h9-20,27,30H,4-8,21-22H2,1-3H3,(H,34,38)/t30-/m1/s1. The van der Waals surface area contributed by atoms with Gasteiger partial charge in [0.15, 0.2) is 0 Å². The highest BCUT2D eigenvalue weighted by Gasteiger charge is 2.34. The van der Waals surface area contributed by atoms with Crippen LogP contribution < -0.4 is 9.62 Å². The first kappa shape index (κ1) is 30.2. The van der Waals surface area contributed by atoms with Gasteiger partial charge in [-0.05, 0) is 75.1 Å². The van der Waals surface area contributed by atoms with Crippen molar-refractivity contribution in [3.05, 3.63) is 95.3 Å². The van der Waals surface area contributed by atoms with Gasteiger partial charge in [0.2, 0.25) is 11.8 Å². The summed E-state index contributed by atoms with van der Waals surface area (Å²) in [6.45, 7) is 5.32. The molecule has 1 atom stereocenters. The largest absolute Gasteiger partial charge is 0.352 e. The molecule has 1 N–H and O–H groups in total. The molecular formula is C32H38FN3O4S. The molecule has 0 bridgehead atoms. The van der Waals surface area contributed by atoms with Crippen LogP contribution in [0.3, 0.4) is 0 Å². The Kier molecular flexibility index (Phi) is 9.81. The number of carbonyl (C=O) groups is 2. The monoisotopic (exact) mass is 579 g/mol. The molecule has 0 saturated heterocycles. The predicted molar refractivity (Wildman–Crippen MR) is 158 cm³/mol. The maximum Gasteiger partial charge on any atom is 0.264 e. The number of nitrogens with one attached hydrogen (secondary N) is 1. The molecule has 1 aliphatic carbocycles. The number of hydrogen-bond acceptors (Lipinski definition) is 4. The van der Waals surface area contributed by atoms with E-state index in [-0.39, 0.29) is 23.4 Å². The number of aryl methyl sites for hydroxylation is 2. The van der Waals surface area contributed by atoms with Crippen LogP contribution in [0, 0.1) is 19.7 Å². The molecule has 1 saturated carbocycles. The van der Waals surface area contributed by atoms with E-state index >= 15 is 0 Å². The number of carbonyl (C=O) groups excluding carboxylic acids is 2. The predicted octanol–water partition coefficient (Wildman–Crippen LogP) is 5.50. The van der Waals surface area contributed by atoms with Gasteiger partial charge < -0.3 is 10.2 Å². The van der Waals surface area contributed by atoms with E-state index in [4.69, 9.17) is 0 Å². The van der Waals surface area contributed by atoms with Crippen molar-refractivity contribution in [3.8, 4) is 0 Å². The van der Waals surface area contributed by atoms with Crippen molar-refractivity contribution in [3.63, 3.8) is 0 Å². The Hall–Kier alpha value is -3.72. The molecule has 4 rings (SSSR count). The van der Waals surface area contributed by atoms with E-state index in [2.05, 4.69) is 5.32 Å². The minimum Gasteiger partial charge on any atom is -0.352 e. The average molecular weight is 580 g/mol. The van der Waals surface area contributed by atoms with Gasteiger partial charge in [-0.25, -0.2) is 12.8 Å². The van der Waals surface area contributed by atoms with E-state index in [1.54, 1.807) is 24.3 Å². The van der Waals surface area contributed by atoms with E-state index < -0.39 is 34.3 Å². The summed E-state index contributed by atoms with van der Waals surface area (Å²) >= 11 is 0. The molecule has 41 heavy (non-hydrogen) atoms. The van der Waals surface area contributed by atoms with Crippen molar-refractivity contribution in [1.82, 2.24) is 10.2 Å². The van der Waals surface area contributed by atoms with Crippen LogP contribution in [-0.2, 0) is 26.2 Å². The first-order valence-corrected chi connectivity index (χ1v) is 15.5. The SMILES string of the molecule is CC[C@H](C(=O)NC1CCCC1)N(Cc1ccc(C)cc1)C(=O)CN(c1ccc(C)cc1)S(=O)(=O)c1ccc(F)cc1. The summed E-state index contributed by atoms with van der Waals surface area (Å²) < 4.78 is 42.3. The molecule has 2 amide bonds. The summed E-state index contributed by atoms with van der Waals surface area (Å²) in [6.07, 6.45) is 4.29. The lowest BCUT2D eigenvalue weighted by Crippen LogP contribution is -2.53. The Labute approximate surface area is 242 Å². The molecule has 3 aromatic carbocycles. The maximum atomic E-state index is 14.1. The van der Waals surface area contributed by atoms with Gasteiger partial charge in [0.05, 0.1) is 10.6 Å². The summed E-state index contributed by atoms with van der Waals surface area (Å²) in [7, 11) is -4.24. The summed E-state index contributed by atoms with van der Waals surface area (Å²) in [5, 5.41) is 3.11. The molecule has 0 spiro atoms.